The Bertz CT molecular complexity index is 1330. The van der Waals surface area contributed by atoms with Gasteiger partial charge in [0.1, 0.15) is 0 Å². The van der Waals surface area contributed by atoms with Crippen LogP contribution in [0.3, 0.4) is 0 Å². The highest BCUT2D eigenvalue weighted by Crippen LogP contribution is 2.27. The molecule has 8 nitrogen and oxygen atoms in total. The standard InChI is InChI=1S/C26H32N6O2/c1-26(2,3)16-32-22-8-7-21(29-24(22)30(4)25(32)34)20-13-17(5-6-19(20)14-27)15-31-11-9-18(10-12-31)23(28)33/h5-8,13,18H,9-12,15-16H2,1-4H3,(H2,28,33). The SMILES string of the molecule is Cn1c(=O)n(CC(C)(C)C)c2ccc(-c3cc(CN4CCC(C(N)=O)CC4)ccc3C#N)nc21. The van der Waals surface area contributed by atoms with Crippen LogP contribution in [0.15, 0.2) is 35.1 Å². The molecule has 3 aromatic rings. The Kier molecular flexibility index (Phi) is 6.32. The summed E-state index contributed by atoms with van der Waals surface area (Å²) in [6.07, 6.45) is 1.55. The largest absolute Gasteiger partial charge is 0.369 e. The molecule has 0 radical (unpaired) electrons. The van der Waals surface area contributed by atoms with Crippen molar-refractivity contribution < 1.29 is 4.79 Å². The van der Waals surface area contributed by atoms with Gasteiger partial charge in [-0.25, -0.2) is 9.78 Å². The average molecular weight is 461 g/mol. The molecule has 0 aliphatic carbocycles. The Balaban J connectivity index is 1.66. The van der Waals surface area contributed by atoms with Crippen molar-refractivity contribution >= 4 is 17.1 Å². The predicted molar refractivity (Wildman–Crippen MR) is 132 cm³/mol. The first kappa shape index (κ1) is 23.7. The molecule has 8 heteroatoms. The van der Waals surface area contributed by atoms with Crippen LogP contribution in [0.2, 0.25) is 0 Å². The van der Waals surface area contributed by atoms with E-state index in [1.54, 1.807) is 16.2 Å². The molecule has 0 saturated carbocycles. The van der Waals surface area contributed by atoms with Crippen molar-refractivity contribution in [1.82, 2.24) is 19.0 Å². The van der Waals surface area contributed by atoms with E-state index in [9.17, 15) is 14.9 Å². The van der Waals surface area contributed by atoms with Crippen molar-refractivity contribution in [1.29, 1.82) is 5.26 Å². The lowest BCUT2D eigenvalue weighted by Crippen LogP contribution is -2.38. The van der Waals surface area contributed by atoms with E-state index in [-0.39, 0.29) is 22.9 Å². The van der Waals surface area contributed by atoms with Crippen LogP contribution in [0.5, 0.6) is 0 Å². The minimum atomic E-state index is -0.215. The summed E-state index contributed by atoms with van der Waals surface area (Å²) in [5, 5.41) is 9.73. The quantitative estimate of drug-likeness (QED) is 0.629. The van der Waals surface area contributed by atoms with Crippen LogP contribution in [-0.2, 0) is 24.9 Å². The van der Waals surface area contributed by atoms with E-state index in [0.717, 1.165) is 49.1 Å². The van der Waals surface area contributed by atoms with E-state index in [1.807, 2.05) is 30.3 Å². The van der Waals surface area contributed by atoms with Crippen molar-refractivity contribution in [3.8, 4) is 17.3 Å². The van der Waals surface area contributed by atoms with Crippen molar-refractivity contribution in [3.05, 3.63) is 51.9 Å². The Labute approximate surface area is 199 Å². The summed E-state index contributed by atoms with van der Waals surface area (Å²) in [6, 6.07) is 11.9. The van der Waals surface area contributed by atoms with Crippen LogP contribution < -0.4 is 11.4 Å². The first-order valence-electron chi connectivity index (χ1n) is 11.7. The molecule has 1 saturated heterocycles. The zero-order chi connectivity index (χ0) is 24.6. The van der Waals surface area contributed by atoms with Crippen LogP contribution in [0.25, 0.3) is 22.4 Å². The highest BCUT2D eigenvalue weighted by molar-refractivity contribution is 5.78. The third-order valence-electron chi connectivity index (χ3n) is 6.49. The summed E-state index contributed by atoms with van der Waals surface area (Å²) in [4.78, 5) is 31.4. The van der Waals surface area contributed by atoms with Gasteiger partial charge in [-0.3, -0.25) is 18.8 Å². The zero-order valence-electron chi connectivity index (χ0n) is 20.3. The summed E-state index contributed by atoms with van der Waals surface area (Å²) in [7, 11) is 1.73. The number of imidazole rings is 1. The Morgan fingerprint density at radius 3 is 2.53 bits per heavy atom. The van der Waals surface area contributed by atoms with Crippen molar-refractivity contribution in [3.63, 3.8) is 0 Å². The number of pyridine rings is 1. The Morgan fingerprint density at radius 2 is 1.91 bits per heavy atom. The second-order valence-electron chi connectivity index (χ2n) is 10.5. The Morgan fingerprint density at radius 1 is 1.21 bits per heavy atom. The topological polar surface area (TPSA) is 110 Å². The molecule has 0 unspecified atom stereocenters. The molecule has 34 heavy (non-hydrogen) atoms. The monoisotopic (exact) mass is 460 g/mol. The number of carbonyl (C=O) groups is 1. The second kappa shape index (κ2) is 9.07. The summed E-state index contributed by atoms with van der Waals surface area (Å²) < 4.78 is 3.34. The summed E-state index contributed by atoms with van der Waals surface area (Å²) in [5.41, 5.74) is 9.75. The number of carbonyl (C=O) groups excluding carboxylic acids is 1. The number of aryl methyl sites for hydroxylation is 1. The maximum absolute atomic E-state index is 12.9. The number of fused-ring (bicyclic) bond motifs is 1. The fraction of sp³-hybridized carbons (Fsp3) is 0.462. The lowest BCUT2D eigenvalue weighted by molar-refractivity contribution is -0.123. The number of amides is 1. The molecular weight excluding hydrogens is 428 g/mol. The third kappa shape index (κ3) is 4.75. The van der Waals surface area contributed by atoms with E-state index in [1.165, 1.54) is 0 Å². The maximum Gasteiger partial charge on any atom is 0.330 e. The number of nitrogens with two attached hydrogens (primary N) is 1. The van der Waals surface area contributed by atoms with Gasteiger partial charge in [0.15, 0.2) is 5.65 Å². The number of primary amides is 1. The molecule has 2 N–H and O–H groups in total. The Hall–Kier alpha value is -3.44. The van der Waals surface area contributed by atoms with Gasteiger partial charge < -0.3 is 5.73 Å². The lowest BCUT2D eigenvalue weighted by Gasteiger charge is -2.30. The molecule has 0 atom stereocenters. The number of likely N-dealkylation sites (tertiary alicyclic amines) is 1. The summed E-state index contributed by atoms with van der Waals surface area (Å²) in [5.74, 6) is -0.256. The molecule has 4 rings (SSSR count). The minimum Gasteiger partial charge on any atom is -0.369 e. The molecule has 0 bridgehead atoms. The molecule has 1 aromatic carbocycles. The normalized spacial score (nSPS) is 15.5. The molecule has 3 heterocycles. The highest BCUT2D eigenvalue weighted by Gasteiger charge is 2.23. The number of aromatic nitrogens is 3. The second-order valence-corrected chi connectivity index (χ2v) is 10.5. The minimum absolute atomic E-state index is 0.0408. The molecule has 1 amide bonds. The van der Waals surface area contributed by atoms with Gasteiger partial charge in [0.25, 0.3) is 0 Å². The maximum atomic E-state index is 12.9. The lowest BCUT2D eigenvalue weighted by atomic mass is 9.95. The van der Waals surface area contributed by atoms with Gasteiger partial charge in [0.05, 0.1) is 22.8 Å². The van der Waals surface area contributed by atoms with Gasteiger partial charge in [-0.2, -0.15) is 5.26 Å². The fourth-order valence-electron chi connectivity index (χ4n) is 4.68. The first-order valence-corrected chi connectivity index (χ1v) is 11.7. The van der Waals surface area contributed by atoms with Crippen LogP contribution in [0.4, 0.5) is 0 Å². The number of hydrogen-bond acceptors (Lipinski definition) is 5. The average Bonchev–Trinajstić information content (AvgIpc) is 3.02. The van der Waals surface area contributed by atoms with E-state index < -0.39 is 0 Å². The van der Waals surface area contributed by atoms with Crippen LogP contribution in [-0.4, -0.2) is 38.0 Å². The molecule has 0 spiro atoms. The van der Waals surface area contributed by atoms with E-state index in [0.29, 0.717) is 23.4 Å². The van der Waals surface area contributed by atoms with Crippen molar-refractivity contribution in [2.45, 2.75) is 46.7 Å². The number of benzene rings is 1. The third-order valence-corrected chi connectivity index (χ3v) is 6.49. The molecule has 2 aromatic heterocycles. The zero-order valence-corrected chi connectivity index (χ0v) is 20.3. The van der Waals surface area contributed by atoms with Gasteiger partial charge in [-0.15, -0.1) is 0 Å². The van der Waals surface area contributed by atoms with E-state index in [4.69, 9.17) is 10.7 Å². The van der Waals surface area contributed by atoms with Crippen LogP contribution in [0, 0.1) is 22.7 Å². The molecule has 1 aliphatic heterocycles. The number of rotatable bonds is 5. The van der Waals surface area contributed by atoms with Crippen LogP contribution in [0.1, 0.15) is 44.7 Å². The summed E-state index contributed by atoms with van der Waals surface area (Å²) in [6.45, 7) is 9.25. The summed E-state index contributed by atoms with van der Waals surface area (Å²) >= 11 is 0. The molecule has 1 fully saturated rings. The van der Waals surface area contributed by atoms with Gasteiger partial charge in [0.2, 0.25) is 5.91 Å². The van der Waals surface area contributed by atoms with Crippen LogP contribution >= 0.6 is 0 Å². The van der Waals surface area contributed by atoms with Crippen molar-refractivity contribution in [2.75, 3.05) is 13.1 Å². The van der Waals surface area contributed by atoms with E-state index >= 15 is 0 Å². The number of hydrogen-bond donors (Lipinski definition) is 1. The van der Waals surface area contributed by atoms with Gasteiger partial charge in [-0.1, -0.05) is 26.8 Å². The molecule has 178 valence electrons. The number of piperidine rings is 1. The number of nitriles is 1. The first-order chi connectivity index (χ1) is 16.1. The molecular formula is C26H32N6O2. The fourth-order valence-corrected chi connectivity index (χ4v) is 4.68. The highest BCUT2D eigenvalue weighted by atomic mass is 16.2. The number of nitrogens with zero attached hydrogens (tertiary/aromatic N) is 5. The predicted octanol–water partition coefficient (Wildman–Crippen LogP) is 3.02. The van der Waals surface area contributed by atoms with Gasteiger partial charge in [0, 0.05) is 31.6 Å². The van der Waals surface area contributed by atoms with E-state index in [2.05, 4.69) is 31.7 Å². The smallest absolute Gasteiger partial charge is 0.330 e. The van der Waals surface area contributed by atoms with Crippen molar-refractivity contribution in [2.24, 2.45) is 24.1 Å². The molecule has 1 aliphatic rings. The van der Waals surface area contributed by atoms with Gasteiger partial charge >= 0.3 is 5.69 Å². The van der Waals surface area contributed by atoms with Gasteiger partial charge in [-0.05, 0) is 61.2 Å².